The second-order valence-corrected chi connectivity index (χ2v) is 6.17. The fourth-order valence-corrected chi connectivity index (χ4v) is 2.30. The molecular weight excluding hydrogens is 268 g/mol. The van der Waals surface area contributed by atoms with Gasteiger partial charge in [-0.25, -0.2) is 0 Å². The summed E-state index contributed by atoms with van der Waals surface area (Å²) in [6.45, 7) is 3.03. The SMILES string of the molecule is C=C(N)S(=O)(=O)Nc1ccccc1S(=O)(=O)O. The van der Waals surface area contributed by atoms with Crippen molar-refractivity contribution in [3.05, 3.63) is 35.9 Å². The Bertz CT molecular complexity index is 648. The van der Waals surface area contributed by atoms with Crippen molar-refractivity contribution < 1.29 is 21.4 Å². The van der Waals surface area contributed by atoms with Crippen LogP contribution < -0.4 is 10.5 Å². The maximum Gasteiger partial charge on any atom is 0.296 e. The average Bonchev–Trinajstić information content (AvgIpc) is 2.15. The molecule has 17 heavy (non-hydrogen) atoms. The molecule has 9 heteroatoms. The third-order valence-corrected chi connectivity index (χ3v) is 3.85. The van der Waals surface area contributed by atoms with Crippen molar-refractivity contribution in [3.63, 3.8) is 0 Å². The van der Waals surface area contributed by atoms with Crippen LogP contribution in [0.5, 0.6) is 0 Å². The fraction of sp³-hybridized carbons (Fsp3) is 0. The molecule has 1 aromatic carbocycles. The van der Waals surface area contributed by atoms with Crippen LogP contribution in [0.2, 0.25) is 0 Å². The van der Waals surface area contributed by atoms with Gasteiger partial charge in [0.05, 0.1) is 5.69 Å². The number of nitrogens with two attached hydrogens (primary N) is 1. The first-order valence-electron chi connectivity index (χ1n) is 4.18. The lowest BCUT2D eigenvalue weighted by Crippen LogP contribution is -2.20. The molecule has 0 amide bonds. The zero-order chi connectivity index (χ0) is 13.3. The lowest BCUT2D eigenvalue weighted by Gasteiger charge is -2.09. The fourth-order valence-electron chi connectivity index (χ4n) is 0.986. The van der Waals surface area contributed by atoms with Crippen molar-refractivity contribution in [3.8, 4) is 0 Å². The molecule has 0 aliphatic carbocycles. The molecule has 0 spiro atoms. The number of nitrogens with one attached hydrogen (secondary N) is 1. The number of para-hydroxylation sites is 1. The number of sulfonamides is 1. The molecule has 0 radical (unpaired) electrons. The van der Waals surface area contributed by atoms with Crippen molar-refractivity contribution in [2.45, 2.75) is 4.90 Å². The van der Waals surface area contributed by atoms with E-state index in [9.17, 15) is 16.8 Å². The van der Waals surface area contributed by atoms with E-state index >= 15 is 0 Å². The summed E-state index contributed by atoms with van der Waals surface area (Å²) in [6.07, 6.45) is 0. The lowest BCUT2D eigenvalue weighted by atomic mass is 10.3. The number of benzene rings is 1. The van der Waals surface area contributed by atoms with Gasteiger partial charge < -0.3 is 5.73 Å². The van der Waals surface area contributed by atoms with Gasteiger partial charge in [-0.3, -0.25) is 9.27 Å². The van der Waals surface area contributed by atoms with Crippen molar-refractivity contribution in [2.24, 2.45) is 5.73 Å². The van der Waals surface area contributed by atoms with E-state index in [4.69, 9.17) is 10.3 Å². The van der Waals surface area contributed by atoms with Crippen molar-refractivity contribution >= 4 is 25.8 Å². The van der Waals surface area contributed by atoms with E-state index in [2.05, 4.69) is 6.58 Å². The van der Waals surface area contributed by atoms with Crippen LogP contribution in [0, 0.1) is 0 Å². The van der Waals surface area contributed by atoms with E-state index in [1.54, 1.807) is 0 Å². The summed E-state index contributed by atoms with van der Waals surface area (Å²) in [7, 11) is -8.61. The molecule has 0 aliphatic rings. The Morgan fingerprint density at radius 1 is 1.24 bits per heavy atom. The first-order chi connectivity index (χ1) is 7.64. The van der Waals surface area contributed by atoms with Crippen molar-refractivity contribution in [1.29, 1.82) is 0 Å². The normalized spacial score (nSPS) is 12.1. The average molecular weight is 278 g/mol. The molecule has 94 valence electrons. The van der Waals surface area contributed by atoms with E-state index in [0.717, 1.165) is 6.07 Å². The van der Waals surface area contributed by atoms with Gasteiger partial charge in [0.15, 0.2) is 0 Å². The predicted molar refractivity (Wildman–Crippen MR) is 62.1 cm³/mol. The highest BCUT2D eigenvalue weighted by atomic mass is 32.2. The first kappa shape index (κ1) is 13.5. The predicted octanol–water partition coefficient (Wildman–Crippen LogP) is 0.105. The molecule has 0 aromatic heterocycles. The van der Waals surface area contributed by atoms with Crippen LogP contribution in [-0.2, 0) is 20.1 Å². The molecule has 0 saturated carbocycles. The Labute approximate surface area is 98.8 Å². The van der Waals surface area contributed by atoms with Crippen LogP contribution in [0.1, 0.15) is 0 Å². The Kier molecular flexibility index (Phi) is 3.45. The quantitative estimate of drug-likeness (QED) is 0.671. The Morgan fingerprint density at radius 3 is 2.24 bits per heavy atom. The van der Waals surface area contributed by atoms with E-state index < -0.39 is 30.1 Å². The molecule has 0 fully saturated rings. The Morgan fingerprint density at radius 2 is 1.76 bits per heavy atom. The van der Waals surface area contributed by atoms with Gasteiger partial charge in [0.1, 0.15) is 9.92 Å². The monoisotopic (exact) mass is 278 g/mol. The second-order valence-electron chi connectivity index (χ2n) is 3.04. The van der Waals surface area contributed by atoms with Gasteiger partial charge in [-0.2, -0.15) is 16.8 Å². The maximum atomic E-state index is 11.4. The molecule has 1 aromatic rings. The van der Waals surface area contributed by atoms with Crippen LogP contribution in [0.15, 0.2) is 40.8 Å². The second kappa shape index (κ2) is 4.35. The maximum absolute atomic E-state index is 11.4. The number of hydrogen-bond acceptors (Lipinski definition) is 5. The smallest absolute Gasteiger partial charge is 0.296 e. The van der Waals surface area contributed by atoms with Gasteiger partial charge in [-0.1, -0.05) is 18.7 Å². The summed E-state index contributed by atoms with van der Waals surface area (Å²) >= 11 is 0. The Balaban J connectivity index is 3.32. The zero-order valence-electron chi connectivity index (χ0n) is 8.49. The van der Waals surface area contributed by atoms with Gasteiger partial charge in [0, 0.05) is 0 Å². The molecule has 0 aliphatic heterocycles. The van der Waals surface area contributed by atoms with Crippen LogP contribution >= 0.6 is 0 Å². The molecule has 7 nitrogen and oxygen atoms in total. The minimum Gasteiger partial charge on any atom is -0.388 e. The van der Waals surface area contributed by atoms with Gasteiger partial charge >= 0.3 is 0 Å². The topological polar surface area (TPSA) is 127 Å². The lowest BCUT2D eigenvalue weighted by molar-refractivity contribution is 0.483. The number of hydrogen-bond donors (Lipinski definition) is 3. The third-order valence-electron chi connectivity index (χ3n) is 1.75. The Hall–Kier alpha value is -1.58. The minimum absolute atomic E-state index is 0.304. The van der Waals surface area contributed by atoms with Crippen LogP contribution in [-0.4, -0.2) is 21.4 Å². The van der Waals surface area contributed by atoms with Crippen molar-refractivity contribution in [2.75, 3.05) is 4.72 Å². The molecule has 0 unspecified atom stereocenters. The highest BCUT2D eigenvalue weighted by Crippen LogP contribution is 2.22. The summed E-state index contributed by atoms with van der Waals surface area (Å²) in [5, 5.41) is -0.664. The summed E-state index contributed by atoms with van der Waals surface area (Å²) < 4.78 is 55.5. The molecule has 0 heterocycles. The molecule has 1 rings (SSSR count). The highest BCUT2D eigenvalue weighted by Gasteiger charge is 2.19. The molecule has 0 bridgehead atoms. The van der Waals surface area contributed by atoms with Crippen molar-refractivity contribution in [1.82, 2.24) is 0 Å². The van der Waals surface area contributed by atoms with Gasteiger partial charge in [0.2, 0.25) is 0 Å². The van der Waals surface area contributed by atoms with Gasteiger partial charge in [-0.05, 0) is 12.1 Å². The first-order valence-corrected chi connectivity index (χ1v) is 7.10. The van der Waals surface area contributed by atoms with Gasteiger partial charge in [-0.15, -0.1) is 0 Å². The minimum atomic E-state index is -4.53. The van der Waals surface area contributed by atoms with E-state index in [0.29, 0.717) is 0 Å². The van der Waals surface area contributed by atoms with Gasteiger partial charge in [0.25, 0.3) is 20.1 Å². The van der Waals surface area contributed by atoms with E-state index in [-0.39, 0.29) is 5.69 Å². The van der Waals surface area contributed by atoms with E-state index in [1.807, 2.05) is 4.72 Å². The molecule has 0 atom stereocenters. The standard InChI is InChI=1S/C8H10N2O5S2/c1-6(9)16(11,12)10-7-4-2-3-5-8(7)17(13,14)15/h2-5,10H,1,9H2,(H,13,14,15). The van der Waals surface area contributed by atoms with Crippen LogP contribution in [0.4, 0.5) is 5.69 Å². The summed E-state index contributed by atoms with van der Waals surface area (Å²) in [5.74, 6) is 0. The highest BCUT2D eigenvalue weighted by molar-refractivity contribution is 7.96. The molecule has 4 N–H and O–H groups in total. The summed E-state index contributed by atoms with van der Waals surface area (Å²) in [6, 6.07) is 4.94. The zero-order valence-corrected chi connectivity index (χ0v) is 10.1. The molecule has 0 saturated heterocycles. The van der Waals surface area contributed by atoms with E-state index in [1.165, 1.54) is 18.2 Å². The number of anilines is 1. The summed E-state index contributed by atoms with van der Waals surface area (Å²) in [4.78, 5) is -0.565. The number of rotatable bonds is 4. The van der Waals surface area contributed by atoms with Crippen LogP contribution in [0.25, 0.3) is 0 Å². The third kappa shape index (κ3) is 3.19. The largest absolute Gasteiger partial charge is 0.388 e. The molecular formula is C8H10N2O5S2. The summed E-state index contributed by atoms with van der Waals surface area (Å²) in [5.41, 5.74) is 4.72. The van der Waals surface area contributed by atoms with Crippen LogP contribution in [0.3, 0.4) is 0 Å².